The molecule has 1 aliphatic heterocycles. The molecule has 0 spiro atoms. The molecule has 1 aromatic rings. The van der Waals surface area contributed by atoms with Crippen LogP contribution in [0.1, 0.15) is 18.7 Å². The fraction of sp³-hybridized carbons (Fsp3) is 0.273. The maximum absolute atomic E-state index is 12.1. The molecule has 0 atom stereocenters. The summed E-state index contributed by atoms with van der Waals surface area (Å²) in [4.78, 5) is 25.0. The van der Waals surface area contributed by atoms with Gasteiger partial charge < -0.3 is 0 Å². The van der Waals surface area contributed by atoms with E-state index in [4.69, 9.17) is 12.2 Å². The topological polar surface area (TPSA) is 63.5 Å². The normalized spacial score (nSPS) is 17.8. The molecule has 0 saturated carbocycles. The number of amides is 1. The molecule has 0 radical (unpaired) electrons. The summed E-state index contributed by atoms with van der Waals surface area (Å²) in [5.74, 6) is -0.138. The molecule has 1 aliphatic rings. The molecule has 1 fully saturated rings. The molecule has 0 N–H and O–H groups in total. The fourth-order valence-electron chi connectivity index (χ4n) is 1.57. The van der Waals surface area contributed by atoms with Crippen LogP contribution in [-0.2, 0) is 4.79 Å². The highest BCUT2D eigenvalue weighted by molar-refractivity contribution is 8.26. The van der Waals surface area contributed by atoms with Crippen molar-refractivity contribution in [3.05, 3.63) is 32.0 Å². The summed E-state index contributed by atoms with van der Waals surface area (Å²) in [6.45, 7) is 3.79. The number of carbonyl (C=O) groups excluding carboxylic acids is 1. The largest absolute Gasteiger partial charge is 0.324 e. The Bertz CT molecular complexity index is 592. The van der Waals surface area contributed by atoms with Gasteiger partial charge in [0.15, 0.2) is 0 Å². The Labute approximate surface area is 123 Å². The van der Waals surface area contributed by atoms with E-state index in [1.165, 1.54) is 17.8 Å². The zero-order chi connectivity index (χ0) is 14.2. The van der Waals surface area contributed by atoms with Crippen LogP contribution in [0.4, 0.5) is 5.00 Å². The van der Waals surface area contributed by atoms with Crippen LogP contribution in [-0.4, -0.2) is 26.1 Å². The lowest BCUT2D eigenvalue weighted by molar-refractivity contribution is -0.380. The number of thioether (sulfide) groups is 1. The van der Waals surface area contributed by atoms with E-state index in [9.17, 15) is 14.9 Å². The molecule has 1 aromatic heterocycles. The number of nitrogens with zero attached hydrogens (tertiary/aromatic N) is 2. The van der Waals surface area contributed by atoms with Crippen molar-refractivity contribution < 1.29 is 9.72 Å². The van der Waals surface area contributed by atoms with Crippen molar-refractivity contribution in [2.75, 3.05) is 0 Å². The SMILES string of the molecule is CC(C)N1C(=O)/C(=C\c2ccc([N+](=O)[O-])s2)SC1=S. The number of hydrogen-bond donors (Lipinski definition) is 0. The van der Waals surface area contributed by atoms with Gasteiger partial charge in [-0.25, -0.2) is 0 Å². The van der Waals surface area contributed by atoms with Gasteiger partial charge in [-0.2, -0.15) is 0 Å². The van der Waals surface area contributed by atoms with Gasteiger partial charge in [0.1, 0.15) is 4.32 Å². The third-order valence-corrected chi connectivity index (χ3v) is 4.72. The van der Waals surface area contributed by atoms with Gasteiger partial charge in [0, 0.05) is 17.0 Å². The van der Waals surface area contributed by atoms with Gasteiger partial charge in [-0.05, 0) is 26.0 Å². The van der Waals surface area contributed by atoms with Gasteiger partial charge in [0.05, 0.1) is 9.83 Å². The van der Waals surface area contributed by atoms with Crippen molar-refractivity contribution in [1.82, 2.24) is 4.90 Å². The molecule has 5 nitrogen and oxygen atoms in total. The molecular weight excluding hydrogens is 304 g/mol. The van der Waals surface area contributed by atoms with Gasteiger partial charge in [-0.3, -0.25) is 19.8 Å². The lowest BCUT2D eigenvalue weighted by Crippen LogP contribution is -2.34. The summed E-state index contributed by atoms with van der Waals surface area (Å²) in [7, 11) is 0. The highest BCUT2D eigenvalue weighted by atomic mass is 32.2. The molecule has 1 amide bonds. The van der Waals surface area contributed by atoms with E-state index >= 15 is 0 Å². The Morgan fingerprint density at radius 3 is 2.63 bits per heavy atom. The minimum absolute atomic E-state index is 0.0103. The molecular formula is C11H10N2O3S3. The van der Waals surface area contributed by atoms with Crippen LogP contribution in [0.15, 0.2) is 17.0 Å². The Balaban J connectivity index is 2.27. The first kappa shape index (κ1) is 14.2. The number of nitro groups is 1. The van der Waals surface area contributed by atoms with Crippen LogP contribution < -0.4 is 0 Å². The zero-order valence-electron chi connectivity index (χ0n) is 10.2. The predicted octanol–water partition coefficient (Wildman–Crippen LogP) is 3.27. The van der Waals surface area contributed by atoms with E-state index in [0.717, 1.165) is 11.3 Å². The van der Waals surface area contributed by atoms with Crippen molar-refractivity contribution in [2.24, 2.45) is 0 Å². The number of rotatable bonds is 3. The van der Waals surface area contributed by atoms with Crippen LogP contribution in [0.25, 0.3) is 6.08 Å². The monoisotopic (exact) mass is 314 g/mol. The smallest absolute Gasteiger partial charge is 0.290 e. The van der Waals surface area contributed by atoms with Crippen molar-refractivity contribution in [3.63, 3.8) is 0 Å². The summed E-state index contributed by atoms with van der Waals surface area (Å²) < 4.78 is 0.525. The molecule has 2 rings (SSSR count). The van der Waals surface area contributed by atoms with Crippen molar-refractivity contribution in [2.45, 2.75) is 19.9 Å². The average molecular weight is 314 g/mol. The van der Waals surface area contributed by atoms with E-state index in [1.54, 1.807) is 17.0 Å². The van der Waals surface area contributed by atoms with Crippen molar-refractivity contribution in [1.29, 1.82) is 0 Å². The van der Waals surface area contributed by atoms with E-state index in [-0.39, 0.29) is 17.0 Å². The van der Waals surface area contributed by atoms with Crippen LogP contribution in [0.5, 0.6) is 0 Å². The van der Waals surface area contributed by atoms with Crippen LogP contribution in [0, 0.1) is 10.1 Å². The molecule has 0 unspecified atom stereocenters. The summed E-state index contributed by atoms with van der Waals surface area (Å²) >= 11 is 7.42. The highest BCUT2D eigenvalue weighted by Gasteiger charge is 2.33. The minimum atomic E-state index is -0.443. The molecule has 2 heterocycles. The quantitative estimate of drug-likeness (QED) is 0.371. The van der Waals surface area contributed by atoms with Gasteiger partial charge in [-0.15, -0.1) is 0 Å². The van der Waals surface area contributed by atoms with Crippen molar-refractivity contribution in [3.8, 4) is 0 Å². The molecule has 8 heteroatoms. The Kier molecular flexibility index (Phi) is 4.02. The summed E-state index contributed by atoms with van der Waals surface area (Å²) in [5, 5.41) is 10.7. The average Bonchev–Trinajstić information content (AvgIpc) is 2.85. The maximum Gasteiger partial charge on any atom is 0.324 e. The van der Waals surface area contributed by atoms with Gasteiger partial charge in [0.25, 0.3) is 5.91 Å². The van der Waals surface area contributed by atoms with Gasteiger partial charge >= 0.3 is 5.00 Å². The lowest BCUT2D eigenvalue weighted by Gasteiger charge is -2.18. The van der Waals surface area contributed by atoms with Crippen molar-refractivity contribution >= 4 is 56.6 Å². The first-order valence-electron chi connectivity index (χ1n) is 5.41. The fourth-order valence-corrected chi connectivity index (χ4v) is 3.93. The van der Waals surface area contributed by atoms with E-state index in [2.05, 4.69) is 0 Å². The molecule has 0 aromatic carbocycles. The number of thiocarbonyl (C=S) groups is 1. The van der Waals surface area contributed by atoms with Gasteiger partial charge in [-0.1, -0.05) is 35.3 Å². The predicted molar refractivity (Wildman–Crippen MR) is 81.1 cm³/mol. The maximum atomic E-state index is 12.1. The second-order valence-electron chi connectivity index (χ2n) is 4.08. The molecule has 100 valence electrons. The van der Waals surface area contributed by atoms with Crippen LogP contribution in [0.3, 0.4) is 0 Å². The van der Waals surface area contributed by atoms with E-state index in [0.29, 0.717) is 14.1 Å². The van der Waals surface area contributed by atoms with Crippen LogP contribution >= 0.6 is 35.3 Å². The Morgan fingerprint density at radius 2 is 2.16 bits per heavy atom. The molecule has 0 bridgehead atoms. The Morgan fingerprint density at radius 1 is 1.47 bits per heavy atom. The molecule has 0 aliphatic carbocycles. The number of hydrogen-bond acceptors (Lipinski definition) is 6. The summed E-state index contributed by atoms with van der Waals surface area (Å²) in [5.41, 5.74) is 0. The van der Waals surface area contributed by atoms with Crippen LogP contribution in [0.2, 0.25) is 0 Å². The third-order valence-electron chi connectivity index (χ3n) is 2.41. The Hall–Kier alpha value is -1.25. The second-order valence-corrected chi connectivity index (χ2v) is 6.85. The zero-order valence-corrected chi connectivity index (χ0v) is 12.6. The molecule has 19 heavy (non-hydrogen) atoms. The number of thiophene rings is 1. The third kappa shape index (κ3) is 2.85. The van der Waals surface area contributed by atoms with Gasteiger partial charge in [0.2, 0.25) is 0 Å². The first-order chi connectivity index (χ1) is 8.90. The number of carbonyl (C=O) groups is 1. The summed E-state index contributed by atoms with van der Waals surface area (Å²) in [6.07, 6.45) is 1.65. The first-order valence-corrected chi connectivity index (χ1v) is 7.45. The minimum Gasteiger partial charge on any atom is -0.290 e. The second kappa shape index (κ2) is 5.40. The standard InChI is InChI=1S/C11H10N2O3S3/c1-6(2)12-10(14)8(19-11(12)17)5-7-3-4-9(18-7)13(15)16/h3-6H,1-2H3/b8-5+. The lowest BCUT2D eigenvalue weighted by atomic mass is 10.3. The highest BCUT2D eigenvalue weighted by Crippen LogP contribution is 2.35. The van der Waals surface area contributed by atoms with E-state index in [1.807, 2.05) is 13.8 Å². The molecule has 1 saturated heterocycles. The van der Waals surface area contributed by atoms with E-state index < -0.39 is 4.92 Å². The summed E-state index contributed by atoms with van der Waals surface area (Å²) in [6, 6.07) is 3.07.